The molecular formula is C18H20F3N7O3S. The fourth-order valence-electron chi connectivity index (χ4n) is 2.70. The summed E-state index contributed by atoms with van der Waals surface area (Å²) in [7, 11) is -4.17. The molecule has 0 bridgehead atoms. The molecule has 4 N–H and O–H groups in total. The van der Waals surface area contributed by atoms with Gasteiger partial charge in [-0.2, -0.15) is 23.0 Å². The highest BCUT2D eigenvalue weighted by atomic mass is 32.2. The average Bonchev–Trinajstić information content (AvgIpc) is 3.22. The average molecular weight is 471 g/mol. The Balaban J connectivity index is 1.88. The third-order valence-corrected chi connectivity index (χ3v) is 6.19. The fourth-order valence-corrected chi connectivity index (χ4v) is 3.76. The number of alkyl halides is 3. The highest BCUT2D eigenvalue weighted by molar-refractivity contribution is 7.89. The predicted molar refractivity (Wildman–Crippen MR) is 108 cm³/mol. The number of rotatable bonds is 7. The number of nitrogens with zero attached hydrogens (tertiary/aromatic N) is 5. The van der Waals surface area contributed by atoms with Gasteiger partial charge in [-0.15, -0.1) is 0 Å². The number of aromatic nitrogens is 5. The molecule has 1 atom stereocenters. The van der Waals surface area contributed by atoms with Gasteiger partial charge in [-0.1, -0.05) is 6.07 Å². The first-order valence-electron chi connectivity index (χ1n) is 9.19. The maximum absolute atomic E-state index is 12.8. The van der Waals surface area contributed by atoms with E-state index in [0.29, 0.717) is 23.7 Å². The molecule has 1 aromatic carbocycles. The van der Waals surface area contributed by atoms with Crippen LogP contribution in [0, 0.1) is 6.92 Å². The number of sulfonamides is 1. The highest BCUT2D eigenvalue weighted by Crippen LogP contribution is 2.32. The molecule has 0 amide bonds. The monoisotopic (exact) mass is 471 g/mol. The molecule has 2 aromatic heterocycles. The zero-order chi connectivity index (χ0) is 23.7. The largest absolute Gasteiger partial charge is 0.416 e. The summed E-state index contributed by atoms with van der Waals surface area (Å²) in [5, 5.41) is 13.4. The van der Waals surface area contributed by atoms with Crippen molar-refractivity contribution in [2.24, 2.45) is 0 Å². The number of nitrogens with one attached hydrogen (secondary N) is 1. The van der Waals surface area contributed by atoms with Crippen molar-refractivity contribution in [1.29, 1.82) is 0 Å². The first-order valence-corrected chi connectivity index (χ1v) is 10.7. The number of benzene rings is 1. The van der Waals surface area contributed by atoms with Crippen molar-refractivity contribution in [2.75, 3.05) is 12.3 Å². The Hall–Kier alpha value is -3.10. The van der Waals surface area contributed by atoms with Crippen LogP contribution < -0.4 is 10.5 Å². The van der Waals surface area contributed by atoms with Gasteiger partial charge in [0.15, 0.2) is 17.2 Å². The van der Waals surface area contributed by atoms with Gasteiger partial charge >= 0.3 is 6.18 Å². The summed E-state index contributed by atoms with van der Waals surface area (Å²) < 4.78 is 66.9. The third kappa shape index (κ3) is 4.87. The van der Waals surface area contributed by atoms with E-state index in [4.69, 9.17) is 5.73 Å². The molecule has 0 saturated heterocycles. The van der Waals surface area contributed by atoms with E-state index in [1.54, 1.807) is 6.92 Å². The van der Waals surface area contributed by atoms with E-state index < -0.39 is 34.8 Å². The van der Waals surface area contributed by atoms with Crippen molar-refractivity contribution in [3.05, 3.63) is 42.6 Å². The molecule has 10 nitrogen and oxygen atoms in total. The summed E-state index contributed by atoms with van der Waals surface area (Å²) >= 11 is 0. The number of nitrogen functional groups attached to an aromatic ring is 1. The lowest BCUT2D eigenvalue weighted by molar-refractivity contribution is -0.254. The van der Waals surface area contributed by atoms with Crippen molar-refractivity contribution < 1.29 is 26.7 Å². The Bertz CT molecular complexity index is 1210. The summed E-state index contributed by atoms with van der Waals surface area (Å²) in [6.07, 6.45) is -1.71. The molecule has 0 aliphatic carbocycles. The first-order chi connectivity index (χ1) is 14.8. The summed E-state index contributed by atoms with van der Waals surface area (Å²) in [5.41, 5.74) is 4.22. The number of aryl methyl sites for hydroxylation is 1. The molecule has 0 fully saturated rings. The normalized spacial score (nSPS) is 14.3. The Labute approximate surface area is 181 Å². The minimum Gasteiger partial charge on any atom is -0.381 e. The molecule has 1 unspecified atom stereocenters. The van der Waals surface area contributed by atoms with Crippen LogP contribution in [0.1, 0.15) is 18.9 Å². The van der Waals surface area contributed by atoms with E-state index in [0.717, 1.165) is 0 Å². The van der Waals surface area contributed by atoms with Crippen molar-refractivity contribution in [3.63, 3.8) is 0 Å². The van der Waals surface area contributed by atoms with Gasteiger partial charge in [-0.25, -0.2) is 28.1 Å². The number of nitrogens with two attached hydrogens (primary N) is 1. The van der Waals surface area contributed by atoms with Gasteiger partial charge in [-0.3, -0.25) is 0 Å². The lowest BCUT2D eigenvalue weighted by atomic mass is 10.0. The van der Waals surface area contributed by atoms with E-state index in [1.165, 1.54) is 41.7 Å². The van der Waals surface area contributed by atoms with Gasteiger partial charge in [0.1, 0.15) is 12.7 Å². The predicted octanol–water partition coefficient (Wildman–Crippen LogP) is 1.60. The van der Waals surface area contributed by atoms with Crippen molar-refractivity contribution in [3.8, 4) is 17.1 Å². The number of aliphatic hydroxyl groups is 1. The zero-order valence-electron chi connectivity index (χ0n) is 17.0. The maximum Gasteiger partial charge on any atom is 0.416 e. The SMILES string of the molecule is Cc1ccc(S(=O)(=O)NCCC(C)(O)C(F)(F)F)cc1-c1cnc(N)c(-n2cncn2)n1. The molecule has 2 heterocycles. The van der Waals surface area contributed by atoms with Crippen LogP contribution in [0.2, 0.25) is 0 Å². The standard InChI is InChI=1S/C18H20F3N7O3S/c1-11-3-4-12(32(30,31)26-6-5-17(2,29)18(19,20)21)7-13(11)14-8-24-15(22)16(27-14)28-10-23-9-25-28/h3-4,7-10,26,29H,5-6H2,1-2H3,(H2,22,24). The van der Waals surface area contributed by atoms with E-state index in [1.807, 2.05) is 0 Å². The van der Waals surface area contributed by atoms with Crippen LogP contribution in [-0.4, -0.2) is 56.6 Å². The van der Waals surface area contributed by atoms with Crippen LogP contribution in [0.25, 0.3) is 17.1 Å². The maximum atomic E-state index is 12.8. The second kappa shape index (κ2) is 8.44. The quantitative estimate of drug-likeness (QED) is 0.470. The number of halogens is 3. The summed E-state index contributed by atoms with van der Waals surface area (Å²) in [6, 6.07) is 4.17. The summed E-state index contributed by atoms with van der Waals surface area (Å²) in [4.78, 5) is 12.1. The van der Waals surface area contributed by atoms with Crippen LogP contribution in [0.4, 0.5) is 19.0 Å². The molecule has 3 aromatic rings. The molecule has 3 rings (SSSR count). The van der Waals surface area contributed by atoms with Gasteiger partial charge in [0, 0.05) is 12.1 Å². The lowest BCUT2D eigenvalue weighted by Gasteiger charge is -2.26. The number of hydrogen-bond acceptors (Lipinski definition) is 8. The van der Waals surface area contributed by atoms with E-state index in [-0.39, 0.29) is 16.5 Å². The van der Waals surface area contributed by atoms with E-state index in [2.05, 4.69) is 24.8 Å². The molecule has 14 heteroatoms. The topological polar surface area (TPSA) is 149 Å². The Morgan fingerprint density at radius 3 is 2.62 bits per heavy atom. The highest BCUT2D eigenvalue weighted by Gasteiger charge is 2.49. The van der Waals surface area contributed by atoms with Crippen molar-refractivity contribution in [2.45, 2.75) is 36.9 Å². The Morgan fingerprint density at radius 1 is 1.28 bits per heavy atom. The molecular weight excluding hydrogens is 451 g/mol. The third-order valence-electron chi connectivity index (χ3n) is 4.73. The van der Waals surface area contributed by atoms with Gasteiger partial charge in [0.25, 0.3) is 0 Å². The second-order valence-corrected chi connectivity index (χ2v) is 8.97. The van der Waals surface area contributed by atoms with Crippen LogP contribution in [0.15, 0.2) is 41.9 Å². The first kappa shape index (κ1) is 23.6. The molecule has 32 heavy (non-hydrogen) atoms. The van der Waals surface area contributed by atoms with E-state index in [9.17, 15) is 26.7 Å². The number of hydrogen-bond donors (Lipinski definition) is 3. The molecule has 0 radical (unpaired) electrons. The van der Waals surface area contributed by atoms with Gasteiger partial charge in [0.2, 0.25) is 10.0 Å². The van der Waals surface area contributed by atoms with Gasteiger partial charge in [0.05, 0.1) is 16.8 Å². The Kier molecular flexibility index (Phi) is 6.22. The van der Waals surface area contributed by atoms with Gasteiger partial charge < -0.3 is 10.8 Å². The van der Waals surface area contributed by atoms with Crippen LogP contribution in [0.5, 0.6) is 0 Å². The fraction of sp³-hybridized carbons (Fsp3) is 0.333. The Morgan fingerprint density at radius 2 is 2.00 bits per heavy atom. The summed E-state index contributed by atoms with van der Waals surface area (Å²) in [5.74, 6) is 0.277. The molecule has 172 valence electrons. The second-order valence-electron chi connectivity index (χ2n) is 7.20. The molecule has 0 saturated carbocycles. The van der Waals surface area contributed by atoms with Gasteiger partial charge in [-0.05, 0) is 38.0 Å². The smallest absolute Gasteiger partial charge is 0.381 e. The van der Waals surface area contributed by atoms with Crippen LogP contribution >= 0.6 is 0 Å². The van der Waals surface area contributed by atoms with Crippen LogP contribution in [-0.2, 0) is 10.0 Å². The molecule has 0 aliphatic rings. The minimum absolute atomic E-state index is 0.0825. The van der Waals surface area contributed by atoms with E-state index >= 15 is 0 Å². The molecule has 0 spiro atoms. The van der Waals surface area contributed by atoms with Crippen molar-refractivity contribution in [1.82, 2.24) is 29.5 Å². The number of anilines is 1. The molecule has 0 aliphatic heterocycles. The lowest BCUT2D eigenvalue weighted by Crippen LogP contribution is -2.44. The minimum atomic E-state index is -4.88. The summed E-state index contributed by atoms with van der Waals surface area (Å²) in [6.45, 7) is 1.70. The van der Waals surface area contributed by atoms with Crippen molar-refractivity contribution >= 4 is 15.8 Å². The van der Waals surface area contributed by atoms with Crippen LogP contribution in [0.3, 0.4) is 0 Å². The zero-order valence-corrected chi connectivity index (χ0v) is 17.8.